The van der Waals surface area contributed by atoms with E-state index in [9.17, 15) is 17.6 Å². The summed E-state index contributed by atoms with van der Waals surface area (Å²) in [7, 11) is -3.92. The molecule has 0 saturated carbocycles. The number of halogens is 1. The molecule has 0 spiro atoms. The minimum Gasteiger partial charge on any atom is -0.487 e. The number of amides is 1. The maximum atomic E-state index is 14.5. The molecule has 0 aliphatic carbocycles. The molecule has 2 atom stereocenters. The highest BCUT2D eigenvalue weighted by Gasteiger charge is 2.38. The Hall–Kier alpha value is -2.61. The summed E-state index contributed by atoms with van der Waals surface area (Å²) in [6.07, 6.45) is 1.68. The fourth-order valence-corrected chi connectivity index (χ4v) is 5.25. The van der Waals surface area contributed by atoms with Crippen molar-refractivity contribution in [1.29, 1.82) is 0 Å². The van der Waals surface area contributed by atoms with Crippen LogP contribution in [0.4, 0.5) is 10.1 Å². The molecule has 1 N–H and O–H groups in total. The summed E-state index contributed by atoms with van der Waals surface area (Å²) in [5, 5.41) is 3.00. The Balaban J connectivity index is 1.97. The first-order chi connectivity index (χ1) is 14.4. The number of carbonyl (C=O) groups excluding carboxylic acids is 1. The van der Waals surface area contributed by atoms with Crippen LogP contribution in [0.3, 0.4) is 0 Å². The molecule has 0 aromatic heterocycles. The highest BCUT2D eigenvalue weighted by molar-refractivity contribution is 7.92. The van der Waals surface area contributed by atoms with E-state index in [0.717, 1.165) is 21.7 Å². The summed E-state index contributed by atoms with van der Waals surface area (Å²) in [6.45, 7) is 7.54. The molecule has 3 rings (SSSR count). The minimum absolute atomic E-state index is 0.143. The topological polar surface area (TPSA) is 75.7 Å². The van der Waals surface area contributed by atoms with Crippen molar-refractivity contribution in [1.82, 2.24) is 5.32 Å². The molecule has 1 heterocycles. The van der Waals surface area contributed by atoms with Gasteiger partial charge in [0.15, 0.2) is 0 Å². The zero-order valence-corrected chi connectivity index (χ0v) is 19.3. The lowest BCUT2D eigenvalue weighted by Gasteiger charge is -2.39. The van der Waals surface area contributed by atoms with E-state index >= 15 is 0 Å². The quantitative estimate of drug-likeness (QED) is 0.722. The zero-order valence-electron chi connectivity index (χ0n) is 18.5. The summed E-state index contributed by atoms with van der Waals surface area (Å²) in [5.41, 5.74) is 1.22. The van der Waals surface area contributed by atoms with Crippen molar-refractivity contribution >= 4 is 21.6 Å². The molecule has 1 amide bonds. The summed E-state index contributed by atoms with van der Waals surface area (Å²) in [6, 6.07) is 9.89. The Labute approximate surface area is 183 Å². The molecule has 31 heavy (non-hydrogen) atoms. The zero-order chi connectivity index (χ0) is 23.0. The molecule has 0 radical (unpaired) electrons. The number of aryl methyl sites for hydroxylation is 1. The molecule has 1 aliphatic rings. The number of benzene rings is 2. The number of sulfonamides is 1. The third kappa shape index (κ3) is 5.01. The highest BCUT2D eigenvalue weighted by atomic mass is 32.2. The second kappa shape index (κ2) is 8.49. The number of hydrogen-bond donors (Lipinski definition) is 1. The van der Waals surface area contributed by atoms with Crippen molar-refractivity contribution in [3.63, 3.8) is 0 Å². The third-order valence-corrected chi connectivity index (χ3v) is 6.52. The third-order valence-electron chi connectivity index (χ3n) is 5.36. The van der Waals surface area contributed by atoms with Crippen LogP contribution in [0.15, 0.2) is 42.5 Å². The molecule has 6 nitrogen and oxygen atoms in total. The Bertz CT molecular complexity index is 1080. The fourth-order valence-electron chi connectivity index (χ4n) is 4.04. The molecule has 2 aromatic rings. The number of rotatable bonds is 6. The summed E-state index contributed by atoms with van der Waals surface area (Å²) in [4.78, 5) is 13.3. The number of nitrogens with one attached hydrogen (secondary N) is 1. The summed E-state index contributed by atoms with van der Waals surface area (Å²) >= 11 is 0. The summed E-state index contributed by atoms with van der Waals surface area (Å²) < 4.78 is 46.6. The van der Waals surface area contributed by atoms with E-state index in [1.54, 1.807) is 13.0 Å². The molecular weight excluding hydrogens is 419 g/mol. The Morgan fingerprint density at radius 1 is 1.29 bits per heavy atom. The average molecular weight is 449 g/mol. The van der Waals surface area contributed by atoms with Gasteiger partial charge in [-0.3, -0.25) is 9.10 Å². The van der Waals surface area contributed by atoms with E-state index in [4.69, 9.17) is 4.74 Å². The second-order valence-corrected chi connectivity index (χ2v) is 10.5. The van der Waals surface area contributed by atoms with Gasteiger partial charge in [0.1, 0.15) is 23.2 Å². The SMILES string of the molecule is CC[C@@H](C(=O)N[C@@H]1CC(C)(C)Oc2ccc(C)cc21)N(c1ccccc1F)S(C)(=O)=O. The lowest BCUT2D eigenvalue weighted by Crippen LogP contribution is -2.51. The molecule has 0 saturated heterocycles. The Morgan fingerprint density at radius 3 is 2.58 bits per heavy atom. The number of para-hydroxylation sites is 1. The number of anilines is 1. The van der Waals surface area contributed by atoms with Gasteiger partial charge in [-0.2, -0.15) is 0 Å². The van der Waals surface area contributed by atoms with E-state index in [0.29, 0.717) is 12.2 Å². The molecule has 1 aliphatic heterocycles. The van der Waals surface area contributed by atoms with Gasteiger partial charge >= 0.3 is 0 Å². The molecular formula is C23H29FN2O4S. The van der Waals surface area contributed by atoms with Gasteiger partial charge in [0.2, 0.25) is 15.9 Å². The van der Waals surface area contributed by atoms with Gasteiger partial charge in [-0.1, -0.05) is 36.8 Å². The van der Waals surface area contributed by atoms with E-state index < -0.39 is 33.4 Å². The number of nitrogens with zero attached hydrogens (tertiary/aromatic N) is 1. The van der Waals surface area contributed by atoms with E-state index in [1.807, 2.05) is 39.0 Å². The van der Waals surface area contributed by atoms with Crippen molar-refractivity contribution < 1.29 is 22.3 Å². The largest absolute Gasteiger partial charge is 0.487 e. The van der Waals surface area contributed by atoms with Crippen molar-refractivity contribution in [2.45, 2.75) is 58.2 Å². The van der Waals surface area contributed by atoms with Crippen LogP contribution in [0.5, 0.6) is 5.75 Å². The van der Waals surface area contributed by atoms with Crippen LogP contribution in [0.2, 0.25) is 0 Å². The van der Waals surface area contributed by atoms with Gasteiger partial charge in [0.05, 0.1) is 18.0 Å². The van der Waals surface area contributed by atoms with E-state index in [-0.39, 0.29) is 18.2 Å². The summed E-state index contributed by atoms with van der Waals surface area (Å²) in [5.74, 6) is -0.493. The van der Waals surface area contributed by atoms with Gasteiger partial charge in [0.25, 0.3) is 0 Å². The molecule has 0 unspecified atom stereocenters. The van der Waals surface area contributed by atoms with Crippen molar-refractivity contribution in [3.8, 4) is 5.75 Å². The average Bonchev–Trinajstić information content (AvgIpc) is 2.66. The molecule has 0 bridgehead atoms. The van der Waals surface area contributed by atoms with Crippen LogP contribution in [0.1, 0.15) is 50.8 Å². The standard InChI is InChI=1S/C23H29FN2O4S/c1-6-19(26(31(5,28)29)20-10-8-7-9-17(20)24)22(27)25-18-14-23(3,4)30-21-12-11-15(2)13-16(18)21/h7-13,18-19H,6,14H2,1-5H3,(H,25,27)/t18-,19+/m1/s1. The lowest BCUT2D eigenvalue weighted by atomic mass is 9.88. The number of fused-ring (bicyclic) bond motifs is 1. The van der Waals surface area contributed by atoms with Crippen molar-refractivity contribution in [2.24, 2.45) is 0 Å². The monoisotopic (exact) mass is 448 g/mol. The maximum Gasteiger partial charge on any atom is 0.244 e. The molecule has 8 heteroatoms. The predicted octanol–water partition coefficient (Wildman–Crippen LogP) is 4.10. The fraction of sp³-hybridized carbons (Fsp3) is 0.435. The van der Waals surface area contributed by atoms with E-state index in [2.05, 4.69) is 5.32 Å². The second-order valence-electron chi connectivity index (χ2n) is 8.60. The van der Waals surface area contributed by atoms with Gasteiger partial charge in [0, 0.05) is 12.0 Å². The van der Waals surface area contributed by atoms with E-state index in [1.165, 1.54) is 18.2 Å². The molecule has 168 valence electrons. The van der Waals surface area contributed by atoms with Gasteiger partial charge in [-0.25, -0.2) is 12.8 Å². The van der Waals surface area contributed by atoms with Crippen molar-refractivity contribution in [2.75, 3.05) is 10.6 Å². The first kappa shape index (κ1) is 23.1. The molecule has 2 aromatic carbocycles. The van der Waals surface area contributed by atoms with Crippen molar-refractivity contribution in [3.05, 3.63) is 59.4 Å². The minimum atomic E-state index is -3.92. The van der Waals surface area contributed by atoms with Crippen LogP contribution in [-0.4, -0.2) is 32.2 Å². The van der Waals surface area contributed by atoms with Gasteiger partial charge < -0.3 is 10.1 Å². The smallest absolute Gasteiger partial charge is 0.244 e. The number of hydrogen-bond acceptors (Lipinski definition) is 4. The van der Waals surface area contributed by atoms with Gasteiger partial charge in [-0.15, -0.1) is 0 Å². The Kier molecular flexibility index (Phi) is 6.32. The maximum absolute atomic E-state index is 14.5. The normalized spacial score (nSPS) is 18.5. The molecule has 0 fully saturated rings. The highest BCUT2D eigenvalue weighted by Crippen LogP contribution is 2.40. The van der Waals surface area contributed by atoms with Crippen LogP contribution < -0.4 is 14.4 Å². The number of carbonyl (C=O) groups is 1. The van der Waals surface area contributed by atoms with Crippen LogP contribution in [0, 0.1) is 12.7 Å². The van der Waals surface area contributed by atoms with Crippen LogP contribution in [-0.2, 0) is 14.8 Å². The van der Waals surface area contributed by atoms with Gasteiger partial charge in [-0.05, 0) is 45.4 Å². The van der Waals surface area contributed by atoms with Crippen LogP contribution >= 0.6 is 0 Å². The predicted molar refractivity (Wildman–Crippen MR) is 119 cm³/mol. The number of ether oxygens (including phenoxy) is 1. The Morgan fingerprint density at radius 2 is 1.97 bits per heavy atom. The van der Waals surface area contributed by atoms with Crippen LogP contribution in [0.25, 0.3) is 0 Å². The first-order valence-corrected chi connectivity index (χ1v) is 12.1. The lowest BCUT2D eigenvalue weighted by molar-refractivity contribution is -0.123. The first-order valence-electron chi connectivity index (χ1n) is 10.3.